The van der Waals surface area contributed by atoms with Gasteiger partial charge < -0.3 is 4.99 Å². The molecule has 0 spiro atoms. The number of nitrogens with zero attached hydrogens (tertiary/aromatic N) is 1. The molecule has 0 fully saturated rings. The van der Waals surface area contributed by atoms with Gasteiger partial charge in [0.05, 0.1) is 0 Å². The van der Waals surface area contributed by atoms with Crippen LogP contribution >= 0.6 is 0 Å². The first-order valence-electron chi connectivity index (χ1n) is 4.63. The van der Waals surface area contributed by atoms with Crippen LogP contribution in [0.5, 0.6) is 0 Å². The van der Waals surface area contributed by atoms with Crippen molar-refractivity contribution in [1.82, 2.24) is 0 Å². The molecular weight excluding hydrogens is 134 g/mol. The quantitative estimate of drug-likeness (QED) is 0.522. The van der Waals surface area contributed by atoms with Gasteiger partial charge in [-0.1, -0.05) is 27.2 Å². The Labute approximate surface area is 70.9 Å². The van der Waals surface area contributed by atoms with E-state index < -0.39 is 0 Å². The van der Waals surface area contributed by atoms with Gasteiger partial charge in [0, 0.05) is 6.54 Å². The van der Waals surface area contributed by atoms with Crippen LogP contribution in [0.15, 0.2) is 4.99 Å². The molecule has 0 aliphatic carbocycles. The van der Waals surface area contributed by atoms with Crippen LogP contribution < -0.4 is 0 Å². The summed E-state index contributed by atoms with van der Waals surface area (Å²) in [6.45, 7) is 11.3. The van der Waals surface area contributed by atoms with Gasteiger partial charge in [-0.3, -0.25) is 0 Å². The zero-order chi connectivity index (χ0) is 8.69. The maximum absolute atomic E-state index is 3.86. The van der Waals surface area contributed by atoms with Gasteiger partial charge in [-0.15, -0.1) is 0 Å². The maximum atomic E-state index is 3.86. The Bertz CT molecular complexity index is 99.0. The lowest BCUT2D eigenvalue weighted by Crippen LogP contribution is -2.03. The van der Waals surface area contributed by atoms with Crippen LogP contribution in [0.1, 0.15) is 40.0 Å². The summed E-state index contributed by atoms with van der Waals surface area (Å²) in [4.78, 5) is 3.86. The highest BCUT2D eigenvalue weighted by Crippen LogP contribution is 2.17. The predicted molar refractivity (Wildman–Crippen MR) is 52.3 cm³/mol. The van der Waals surface area contributed by atoms with Gasteiger partial charge >= 0.3 is 0 Å². The molecule has 0 amide bonds. The molecule has 0 N–H and O–H groups in total. The maximum Gasteiger partial charge on any atom is 0.0384 e. The van der Waals surface area contributed by atoms with Crippen molar-refractivity contribution in [2.75, 3.05) is 6.54 Å². The minimum absolute atomic E-state index is 0.815. The second-order valence-corrected chi connectivity index (χ2v) is 3.59. The largest absolute Gasteiger partial charge is 0.301 e. The van der Waals surface area contributed by atoms with E-state index in [4.69, 9.17) is 0 Å². The lowest BCUT2D eigenvalue weighted by molar-refractivity contribution is 0.391. The number of rotatable bonds is 6. The van der Waals surface area contributed by atoms with E-state index in [-0.39, 0.29) is 0 Å². The Kier molecular flexibility index (Phi) is 6.19. The van der Waals surface area contributed by atoms with Crippen LogP contribution in [-0.4, -0.2) is 13.3 Å². The number of hydrogen-bond donors (Lipinski definition) is 0. The molecule has 0 aliphatic heterocycles. The van der Waals surface area contributed by atoms with Crippen LogP contribution in [0, 0.1) is 11.8 Å². The van der Waals surface area contributed by atoms with Gasteiger partial charge in [-0.05, 0) is 31.4 Å². The summed E-state index contributed by atoms with van der Waals surface area (Å²) in [5.41, 5.74) is 0. The topological polar surface area (TPSA) is 12.4 Å². The minimum Gasteiger partial charge on any atom is -0.301 e. The summed E-state index contributed by atoms with van der Waals surface area (Å²) < 4.78 is 0. The zero-order valence-corrected chi connectivity index (χ0v) is 8.14. The number of aliphatic imine (C=N–C) groups is 1. The molecule has 0 aliphatic rings. The van der Waals surface area contributed by atoms with Gasteiger partial charge in [0.2, 0.25) is 0 Å². The van der Waals surface area contributed by atoms with Gasteiger partial charge in [-0.25, -0.2) is 0 Å². The fourth-order valence-electron chi connectivity index (χ4n) is 1.28. The van der Waals surface area contributed by atoms with Gasteiger partial charge in [0.1, 0.15) is 0 Å². The fraction of sp³-hybridized carbons (Fsp3) is 0.900. The summed E-state index contributed by atoms with van der Waals surface area (Å²) in [7, 11) is 0. The van der Waals surface area contributed by atoms with E-state index >= 15 is 0 Å². The molecule has 11 heavy (non-hydrogen) atoms. The second kappa shape index (κ2) is 6.38. The summed E-state index contributed by atoms with van der Waals surface area (Å²) in [6.07, 6.45) is 3.84. The average Bonchev–Trinajstić information content (AvgIpc) is 2.00. The van der Waals surface area contributed by atoms with Crippen molar-refractivity contribution in [2.45, 2.75) is 40.0 Å². The Balaban J connectivity index is 3.34. The molecule has 0 radical (unpaired) electrons. The number of hydrogen-bond acceptors (Lipinski definition) is 1. The standard InChI is InChI=1S/C10H21N/c1-5-9(2)8-10(3)6-7-11-4/h9-10H,4-8H2,1-3H3/t9-,10?/m1/s1. The van der Waals surface area contributed by atoms with E-state index in [9.17, 15) is 0 Å². The molecule has 1 nitrogen and oxygen atoms in total. The van der Waals surface area contributed by atoms with E-state index in [1.807, 2.05) is 0 Å². The molecule has 0 aromatic rings. The molecule has 0 saturated carbocycles. The highest BCUT2D eigenvalue weighted by molar-refractivity contribution is 5.22. The lowest BCUT2D eigenvalue weighted by Gasteiger charge is -2.14. The van der Waals surface area contributed by atoms with E-state index in [1.165, 1.54) is 19.3 Å². The van der Waals surface area contributed by atoms with Crippen LogP contribution in [0.4, 0.5) is 0 Å². The van der Waals surface area contributed by atoms with Crippen LogP contribution in [0.3, 0.4) is 0 Å². The smallest absolute Gasteiger partial charge is 0.0384 e. The van der Waals surface area contributed by atoms with Gasteiger partial charge in [0.25, 0.3) is 0 Å². The van der Waals surface area contributed by atoms with Crippen LogP contribution in [0.2, 0.25) is 0 Å². The average molecular weight is 155 g/mol. The SMILES string of the molecule is C=NCCC(C)C[C@H](C)CC. The highest BCUT2D eigenvalue weighted by atomic mass is 14.7. The van der Waals surface area contributed by atoms with Crippen molar-refractivity contribution in [3.63, 3.8) is 0 Å². The molecular formula is C10H21N. The molecule has 0 bridgehead atoms. The molecule has 0 aromatic carbocycles. The van der Waals surface area contributed by atoms with E-state index in [0.29, 0.717) is 0 Å². The predicted octanol–water partition coefficient (Wildman–Crippen LogP) is 3.15. The summed E-state index contributed by atoms with van der Waals surface area (Å²) in [5.74, 6) is 1.69. The zero-order valence-electron chi connectivity index (χ0n) is 8.14. The molecule has 1 heteroatoms. The second-order valence-electron chi connectivity index (χ2n) is 3.59. The molecule has 2 atom stereocenters. The van der Waals surface area contributed by atoms with Crippen molar-refractivity contribution < 1.29 is 0 Å². The third kappa shape index (κ3) is 6.08. The molecule has 0 heterocycles. The van der Waals surface area contributed by atoms with Crippen LogP contribution in [0.25, 0.3) is 0 Å². The summed E-state index contributed by atoms with van der Waals surface area (Å²) in [5, 5.41) is 0. The Hall–Kier alpha value is -0.330. The molecule has 0 aromatic heterocycles. The van der Waals surface area contributed by atoms with Gasteiger partial charge in [0.15, 0.2) is 0 Å². The minimum atomic E-state index is 0.815. The normalized spacial score (nSPS) is 15.9. The Morgan fingerprint density at radius 2 is 1.91 bits per heavy atom. The van der Waals surface area contributed by atoms with E-state index in [1.54, 1.807) is 0 Å². The van der Waals surface area contributed by atoms with Gasteiger partial charge in [-0.2, -0.15) is 0 Å². The summed E-state index contributed by atoms with van der Waals surface area (Å²) >= 11 is 0. The fourth-order valence-corrected chi connectivity index (χ4v) is 1.28. The van der Waals surface area contributed by atoms with Crippen molar-refractivity contribution in [2.24, 2.45) is 16.8 Å². The molecule has 1 unspecified atom stereocenters. The highest BCUT2D eigenvalue weighted by Gasteiger charge is 2.05. The van der Waals surface area contributed by atoms with Crippen molar-refractivity contribution in [1.29, 1.82) is 0 Å². The van der Waals surface area contributed by atoms with Crippen molar-refractivity contribution >= 4 is 6.72 Å². The monoisotopic (exact) mass is 155 g/mol. The third-order valence-electron chi connectivity index (χ3n) is 2.28. The van der Waals surface area contributed by atoms with E-state index in [0.717, 1.165) is 18.4 Å². The van der Waals surface area contributed by atoms with Crippen LogP contribution in [-0.2, 0) is 0 Å². The first kappa shape index (κ1) is 10.7. The Morgan fingerprint density at radius 1 is 1.27 bits per heavy atom. The first-order chi connectivity index (χ1) is 5.20. The Morgan fingerprint density at radius 3 is 2.36 bits per heavy atom. The van der Waals surface area contributed by atoms with Crippen molar-refractivity contribution in [3.8, 4) is 0 Å². The molecule has 0 rings (SSSR count). The molecule has 0 saturated heterocycles. The lowest BCUT2D eigenvalue weighted by atomic mass is 9.93. The van der Waals surface area contributed by atoms with E-state index in [2.05, 4.69) is 32.5 Å². The van der Waals surface area contributed by atoms with Crippen molar-refractivity contribution in [3.05, 3.63) is 0 Å². The first-order valence-corrected chi connectivity index (χ1v) is 4.63. The summed E-state index contributed by atoms with van der Waals surface area (Å²) in [6, 6.07) is 0. The molecule has 66 valence electrons. The third-order valence-corrected chi connectivity index (χ3v) is 2.28.